The van der Waals surface area contributed by atoms with E-state index in [-0.39, 0.29) is 86.0 Å². The number of fused-ring (bicyclic) bond motifs is 6. The average Bonchev–Trinajstić information content (AvgIpc) is 3.76. The Morgan fingerprint density at radius 1 is 0.729 bits per heavy atom. The van der Waals surface area contributed by atoms with Gasteiger partial charge >= 0.3 is 18.2 Å². The van der Waals surface area contributed by atoms with Crippen LogP contribution in [-0.4, -0.2) is 142 Å². The number of benzene rings is 2. The third-order valence-electron chi connectivity index (χ3n) is 11.2. The smallest absolute Gasteiger partial charge is 0.320 e. The zero-order chi connectivity index (χ0) is 50.8. The summed E-state index contributed by atoms with van der Waals surface area (Å²) < 4.78 is 133. The number of anilines is 2. The lowest BCUT2D eigenvalue weighted by molar-refractivity contribution is -0.146. The molecule has 0 fully saturated rings. The summed E-state index contributed by atoms with van der Waals surface area (Å²) in [6, 6.07) is 2.57. The Balaban J connectivity index is 0.000000207. The largest absolute Gasteiger partial charge is 0.419 e. The highest BCUT2D eigenvalue weighted by atomic mass is 79.9. The van der Waals surface area contributed by atoms with Crippen LogP contribution in [0.1, 0.15) is 49.1 Å². The second kappa shape index (κ2) is 21.5. The Labute approximate surface area is 399 Å². The van der Waals surface area contributed by atoms with E-state index in [4.69, 9.17) is 9.68 Å². The number of halogens is 11. The van der Waals surface area contributed by atoms with Crippen molar-refractivity contribution in [3.63, 3.8) is 0 Å². The molecule has 2 aromatic carbocycles. The van der Waals surface area contributed by atoms with Crippen molar-refractivity contribution in [3.8, 4) is 0 Å². The summed E-state index contributed by atoms with van der Waals surface area (Å²) in [4.78, 5) is 65.3. The summed E-state index contributed by atoms with van der Waals surface area (Å²) in [6.45, 7) is -0.269. The number of rotatable bonds is 10. The van der Waals surface area contributed by atoms with E-state index < -0.39 is 91.2 Å². The van der Waals surface area contributed by atoms with Crippen molar-refractivity contribution in [2.45, 2.75) is 70.3 Å². The second-order valence-electron chi connectivity index (χ2n) is 16.2. The molecule has 2 atom stereocenters. The molecule has 0 aliphatic carbocycles. The first-order valence-electron chi connectivity index (χ1n) is 21.3. The first kappa shape index (κ1) is 51.8. The fraction of sp³-hybridized carbons (Fsp3) is 0.463. The fourth-order valence-electron chi connectivity index (χ4n) is 7.98. The maximum atomic E-state index is 14.1. The summed E-state index contributed by atoms with van der Waals surface area (Å²) in [5.74, 6) is -4.21. The average molecular weight is 1070 g/mol. The third kappa shape index (κ3) is 11.9. The molecule has 2 aromatic heterocycles. The van der Waals surface area contributed by atoms with Crippen molar-refractivity contribution in [2.24, 2.45) is 0 Å². The van der Waals surface area contributed by atoms with Gasteiger partial charge in [-0.25, -0.2) is 50.4 Å². The highest BCUT2D eigenvalue weighted by Crippen LogP contribution is 2.34. The minimum absolute atomic E-state index is 0.00156. The molecule has 4 N–H and O–H groups in total. The van der Waals surface area contributed by atoms with Crippen LogP contribution in [0.25, 0.3) is 0 Å². The highest BCUT2D eigenvalue weighted by molar-refractivity contribution is 9.10. The second-order valence-corrected chi connectivity index (χ2v) is 17.1. The van der Waals surface area contributed by atoms with E-state index in [0.29, 0.717) is 47.1 Å². The molecule has 0 bridgehead atoms. The van der Waals surface area contributed by atoms with E-state index in [2.05, 4.69) is 47.4 Å². The van der Waals surface area contributed by atoms with Gasteiger partial charge in [0.1, 0.15) is 41.0 Å². The van der Waals surface area contributed by atoms with E-state index in [1.807, 2.05) is 0 Å². The molecule has 4 aliphatic heterocycles. The standard InChI is InChI=1S/C21H22F6N6O3.C20H21BrF4N6O3/c1-31-19(34)18-13-10-32(20(35)29-11-2-3-15(22)14(6-11)21(25,26)27)5-4-16(13)30-33(18)9-12(36-31)7-28-8-17(23)24;1-29-19(32)18-11-9-30(20(33)27-16-4-12(21)13(22)5-14(16)23)3-2-15(11)28-31(18)8-10(34-29)6-26-7-17(24)25/h2-3,6,12,17,28H,4-5,7-10H2,1H3,(H,29,35);4-5,10,17,26H,2-3,6-9H2,1H3,(H,27,33)/t12-;10-/m11/s1. The molecule has 0 saturated heterocycles. The Morgan fingerprint density at radius 3 is 1.69 bits per heavy atom. The number of nitrogens with zero attached hydrogens (tertiary/aromatic N) is 8. The lowest BCUT2D eigenvalue weighted by Gasteiger charge is -2.27. The van der Waals surface area contributed by atoms with Gasteiger partial charge in [-0.2, -0.15) is 23.4 Å². The van der Waals surface area contributed by atoms with Gasteiger partial charge in [0.25, 0.3) is 24.7 Å². The minimum atomic E-state index is -4.93. The van der Waals surface area contributed by atoms with Gasteiger partial charge in [0.05, 0.1) is 66.4 Å². The van der Waals surface area contributed by atoms with Gasteiger partial charge in [0.2, 0.25) is 0 Å². The lowest BCUT2D eigenvalue weighted by atomic mass is 10.1. The van der Waals surface area contributed by atoms with Gasteiger partial charge in [-0.15, -0.1) is 0 Å². The third-order valence-corrected chi connectivity index (χ3v) is 11.8. The zero-order valence-corrected chi connectivity index (χ0v) is 38.5. The predicted octanol–water partition coefficient (Wildman–Crippen LogP) is 5.63. The highest BCUT2D eigenvalue weighted by Gasteiger charge is 2.38. The first-order chi connectivity index (χ1) is 33.1. The summed E-state index contributed by atoms with van der Waals surface area (Å²) in [6.07, 6.45) is -10.6. The fourth-order valence-corrected chi connectivity index (χ4v) is 8.33. The van der Waals surface area contributed by atoms with Crippen LogP contribution in [0.15, 0.2) is 34.8 Å². The van der Waals surface area contributed by atoms with E-state index in [1.165, 1.54) is 33.3 Å². The summed E-state index contributed by atoms with van der Waals surface area (Å²) in [5, 5.41) is 20.8. The van der Waals surface area contributed by atoms with Gasteiger partial charge < -0.3 is 31.1 Å². The molecule has 29 heteroatoms. The molecule has 70 heavy (non-hydrogen) atoms. The van der Waals surface area contributed by atoms with Crippen LogP contribution in [0.5, 0.6) is 0 Å². The number of nitrogens with one attached hydrogen (secondary N) is 4. The molecule has 0 unspecified atom stereocenters. The van der Waals surface area contributed by atoms with Crippen molar-refractivity contribution in [2.75, 3.05) is 64.0 Å². The number of urea groups is 2. The van der Waals surface area contributed by atoms with Crippen molar-refractivity contribution >= 4 is 51.2 Å². The zero-order valence-electron chi connectivity index (χ0n) is 36.9. The monoisotopic (exact) mass is 1070 g/mol. The van der Waals surface area contributed by atoms with Gasteiger partial charge in [-0.05, 0) is 40.2 Å². The van der Waals surface area contributed by atoms with Crippen molar-refractivity contribution < 1.29 is 72.8 Å². The molecule has 0 spiro atoms. The predicted molar refractivity (Wildman–Crippen MR) is 228 cm³/mol. The minimum Gasteiger partial charge on any atom is -0.320 e. The van der Waals surface area contributed by atoms with Crippen LogP contribution in [0.4, 0.5) is 64.9 Å². The molecule has 6 heterocycles. The molecular weight excluding hydrogens is 1030 g/mol. The molecule has 18 nitrogen and oxygen atoms in total. The van der Waals surface area contributed by atoms with E-state index in [9.17, 15) is 63.1 Å². The lowest BCUT2D eigenvalue weighted by Crippen LogP contribution is -2.40. The number of hydroxylamine groups is 4. The van der Waals surface area contributed by atoms with E-state index in [0.717, 1.165) is 22.3 Å². The van der Waals surface area contributed by atoms with Crippen molar-refractivity contribution in [1.82, 2.24) is 50.1 Å². The molecule has 380 valence electrons. The number of hydrogen-bond acceptors (Lipinski definition) is 10. The quantitative estimate of drug-likeness (QED) is 0.115. The maximum absolute atomic E-state index is 14.1. The number of carbonyl (C=O) groups is 4. The van der Waals surface area contributed by atoms with Crippen molar-refractivity contribution in [1.29, 1.82) is 0 Å². The molecule has 0 saturated carbocycles. The van der Waals surface area contributed by atoms with Crippen LogP contribution in [0, 0.1) is 17.5 Å². The molecule has 4 aromatic rings. The number of alkyl halides is 7. The molecule has 8 rings (SSSR count). The van der Waals surface area contributed by atoms with Crippen LogP contribution in [0.2, 0.25) is 0 Å². The Hall–Kier alpha value is -6.04. The summed E-state index contributed by atoms with van der Waals surface area (Å²) in [5.41, 5.74) is 0.657. The Morgan fingerprint density at radius 2 is 1.21 bits per heavy atom. The Bertz CT molecular complexity index is 2620. The number of aromatic nitrogens is 4. The van der Waals surface area contributed by atoms with Crippen molar-refractivity contribution in [3.05, 3.63) is 91.7 Å². The van der Waals surface area contributed by atoms with Gasteiger partial charge in [0, 0.05) is 76.0 Å². The normalized spacial score (nSPS) is 18.2. The summed E-state index contributed by atoms with van der Waals surface area (Å²) >= 11 is 2.96. The van der Waals surface area contributed by atoms with E-state index in [1.54, 1.807) is 0 Å². The number of hydrogen-bond donors (Lipinski definition) is 4. The number of carbonyl (C=O) groups excluding carboxylic acids is 4. The molecule has 6 amide bonds. The Kier molecular flexibility index (Phi) is 15.9. The first-order valence-corrected chi connectivity index (χ1v) is 22.0. The van der Waals surface area contributed by atoms with Crippen LogP contribution >= 0.6 is 15.9 Å². The maximum Gasteiger partial charge on any atom is 0.419 e. The van der Waals surface area contributed by atoms with Crippen LogP contribution < -0.4 is 21.3 Å². The number of amides is 6. The van der Waals surface area contributed by atoms with Gasteiger partial charge in [-0.1, -0.05) is 0 Å². The van der Waals surface area contributed by atoms with E-state index >= 15 is 0 Å². The molecule has 4 aliphatic rings. The van der Waals surface area contributed by atoms with Crippen LogP contribution in [-0.2, 0) is 54.9 Å². The topological polar surface area (TPSA) is 183 Å². The molecule has 0 radical (unpaired) electrons. The van der Waals surface area contributed by atoms with Gasteiger partial charge in [-0.3, -0.25) is 28.6 Å². The SMILES string of the molecule is CN1O[C@H](CNCC(F)F)Cn2nc3c(c2C1=O)CN(C(=O)Nc1cc(Br)c(F)cc1F)CC3.CN1O[C@H](CNCC(F)F)Cn2nc3c(c2C1=O)CN(C(=O)Nc1ccc(F)c(C(F)(F)F)c1)CC3. The molecular formula is C41H43BrF10N12O6. The van der Waals surface area contributed by atoms with Gasteiger partial charge in [0.15, 0.2) is 0 Å². The summed E-state index contributed by atoms with van der Waals surface area (Å²) in [7, 11) is 2.79. The van der Waals surface area contributed by atoms with Crippen LogP contribution in [0.3, 0.4) is 0 Å².